The Bertz CT molecular complexity index is 207. The van der Waals surface area contributed by atoms with Crippen LogP contribution in [0.5, 0.6) is 0 Å². The van der Waals surface area contributed by atoms with Gasteiger partial charge in [-0.15, -0.1) is 0 Å². The zero-order valence-corrected chi connectivity index (χ0v) is 8.78. The van der Waals surface area contributed by atoms with Crippen LogP contribution >= 0.6 is 12.2 Å². The Balaban J connectivity index is 2.24. The Hall–Kier alpha value is -0.680. The predicted octanol–water partition coefficient (Wildman–Crippen LogP) is 0.635. The number of thiocarbonyl (C=S) groups is 1. The standard InChI is InChI=1S/C8H15N3OS/c1-6(2)9-8(13)11-10-7-3-4-12-5-7/h6H,3-5H2,1-2H3,(H2,9,11,13)/b10-7-. The molecule has 0 atom stereocenters. The summed E-state index contributed by atoms with van der Waals surface area (Å²) in [7, 11) is 0. The summed E-state index contributed by atoms with van der Waals surface area (Å²) in [5.41, 5.74) is 3.81. The highest BCUT2D eigenvalue weighted by atomic mass is 32.1. The van der Waals surface area contributed by atoms with Crippen LogP contribution in [0.4, 0.5) is 0 Å². The molecular weight excluding hydrogens is 186 g/mol. The normalized spacial score (nSPS) is 19.5. The number of hydrogen-bond acceptors (Lipinski definition) is 3. The van der Waals surface area contributed by atoms with E-state index in [1.54, 1.807) is 0 Å². The number of rotatable bonds is 2. The van der Waals surface area contributed by atoms with Crippen molar-refractivity contribution >= 4 is 23.0 Å². The minimum Gasteiger partial charge on any atom is -0.375 e. The second-order valence-electron chi connectivity index (χ2n) is 3.22. The summed E-state index contributed by atoms with van der Waals surface area (Å²) in [6, 6.07) is 0.333. The number of hydrazone groups is 1. The lowest BCUT2D eigenvalue weighted by atomic mass is 10.3. The van der Waals surface area contributed by atoms with Crippen LogP contribution in [-0.2, 0) is 4.74 Å². The first-order valence-electron chi connectivity index (χ1n) is 4.38. The fourth-order valence-corrected chi connectivity index (χ4v) is 1.25. The third kappa shape index (κ3) is 4.19. The van der Waals surface area contributed by atoms with E-state index in [1.165, 1.54) is 0 Å². The summed E-state index contributed by atoms with van der Waals surface area (Å²) in [4.78, 5) is 0. The third-order valence-corrected chi connectivity index (χ3v) is 1.75. The number of nitrogens with zero attached hydrogens (tertiary/aromatic N) is 1. The van der Waals surface area contributed by atoms with Crippen molar-refractivity contribution in [1.29, 1.82) is 0 Å². The average molecular weight is 201 g/mol. The van der Waals surface area contributed by atoms with Gasteiger partial charge in [-0.1, -0.05) is 0 Å². The highest BCUT2D eigenvalue weighted by Gasteiger charge is 2.08. The van der Waals surface area contributed by atoms with Gasteiger partial charge in [0.1, 0.15) is 0 Å². The van der Waals surface area contributed by atoms with Crippen molar-refractivity contribution in [3.8, 4) is 0 Å². The molecule has 1 rings (SSSR count). The molecule has 0 aromatic rings. The lowest BCUT2D eigenvalue weighted by Gasteiger charge is -2.09. The van der Waals surface area contributed by atoms with Crippen LogP contribution in [-0.4, -0.2) is 30.1 Å². The number of nitrogens with one attached hydrogen (secondary N) is 2. The molecule has 0 unspecified atom stereocenters. The van der Waals surface area contributed by atoms with E-state index in [9.17, 15) is 0 Å². The van der Waals surface area contributed by atoms with Crippen LogP contribution in [0.25, 0.3) is 0 Å². The van der Waals surface area contributed by atoms with Gasteiger partial charge in [0.15, 0.2) is 5.11 Å². The quantitative estimate of drug-likeness (QED) is 0.508. The maximum Gasteiger partial charge on any atom is 0.187 e. The van der Waals surface area contributed by atoms with Crippen molar-refractivity contribution in [2.45, 2.75) is 26.3 Å². The van der Waals surface area contributed by atoms with Crippen molar-refractivity contribution < 1.29 is 4.74 Å². The van der Waals surface area contributed by atoms with Crippen LogP contribution in [0.2, 0.25) is 0 Å². The largest absolute Gasteiger partial charge is 0.375 e. The van der Waals surface area contributed by atoms with E-state index in [2.05, 4.69) is 15.8 Å². The Morgan fingerprint density at radius 1 is 1.62 bits per heavy atom. The van der Waals surface area contributed by atoms with Crippen LogP contribution in [0.1, 0.15) is 20.3 Å². The van der Waals surface area contributed by atoms with Crippen molar-refractivity contribution in [1.82, 2.24) is 10.7 Å². The van der Waals surface area contributed by atoms with Crippen LogP contribution in [0.15, 0.2) is 5.10 Å². The lowest BCUT2D eigenvalue weighted by Crippen LogP contribution is -2.37. The first-order chi connectivity index (χ1) is 6.18. The van der Waals surface area contributed by atoms with E-state index in [4.69, 9.17) is 17.0 Å². The molecule has 5 heteroatoms. The molecule has 0 aromatic heterocycles. The zero-order valence-electron chi connectivity index (χ0n) is 7.96. The number of hydrogen-bond donors (Lipinski definition) is 2. The molecular formula is C8H15N3OS. The molecule has 0 aliphatic carbocycles. The van der Waals surface area contributed by atoms with Gasteiger partial charge in [0.05, 0.1) is 18.9 Å². The van der Waals surface area contributed by atoms with Gasteiger partial charge in [-0.3, -0.25) is 5.43 Å². The molecule has 0 bridgehead atoms. The van der Waals surface area contributed by atoms with Crippen molar-refractivity contribution in [2.24, 2.45) is 5.10 Å². The summed E-state index contributed by atoms with van der Waals surface area (Å²) in [5, 5.41) is 7.72. The molecule has 0 radical (unpaired) electrons. The highest BCUT2D eigenvalue weighted by Crippen LogP contribution is 1.97. The minimum absolute atomic E-state index is 0.333. The Labute approximate surface area is 83.7 Å². The predicted molar refractivity (Wildman–Crippen MR) is 56.9 cm³/mol. The summed E-state index contributed by atoms with van der Waals surface area (Å²) < 4.78 is 5.14. The molecule has 0 amide bonds. The zero-order chi connectivity index (χ0) is 9.68. The van der Waals surface area contributed by atoms with Gasteiger partial charge in [-0.2, -0.15) is 5.10 Å². The van der Waals surface area contributed by atoms with Crippen LogP contribution in [0.3, 0.4) is 0 Å². The van der Waals surface area contributed by atoms with E-state index in [-0.39, 0.29) is 0 Å². The molecule has 74 valence electrons. The summed E-state index contributed by atoms with van der Waals surface area (Å²) >= 11 is 4.99. The molecule has 0 aromatic carbocycles. The fraction of sp³-hybridized carbons (Fsp3) is 0.750. The monoisotopic (exact) mass is 201 g/mol. The van der Waals surface area contributed by atoms with Gasteiger partial charge < -0.3 is 10.1 Å². The highest BCUT2D eigenvalue weighted by molar-refractivity contribution is 7.80. The summed E-state index contributed by atoms with van der Waals surface area (Å²) in [6.07, 6.45) is 0.900. The molecule has 1 aliphatic heterocycles. The van der Waals surface area contributed by atoms with Crippen LogP contribution in [0, 0.1) is 0 Å². The van der Waals surface area contributed by atoms with Gasteiger partial charge in [-0.05, 0) is 26.1 Å². The van der Waals surface area contributed by atoms with E-state index in [1.807, 2.05) is 13.8 Å². The maximum atomic E-state index is 5.14. The second-order valence-corrected chi connectivity index (χ2v) is 3.63. The molecule has 1 heterocycles. The van der Waals surface area contributed by atoms with Gasteiger partial charge in [0.25, 0.3) is 0 Å². The van der Waals surface area contributed by atoms with E-state index < -0.39 is 0 Å². The van der Waals surface area contributed by atoms with E-state index in [0.717, 1.165) is 18.7 Å². The van der Waals surface area contributed by atoms with Crippen molar-refractivity contribution in [3.63, 3.8) is 0 Å². The molecule has 1 saturated heterocycles. The van der Waals surface area contributed by atoms with Crippen molar-refractivity contribution in [2.75, 3.05) is 13.2 Å². The Morgan fingerprint density at radius 3 is 2.92 bits per heavy atom. The molecule has 1 aliphatic rings. The van der Waals surface area contributed by atoms with Gasteiger partial charge in [0, 0.05) is 12.5 Å². The number of ether oxygens (including phenoxy) is 1. The molecule has 13 heavy (non-hydrogen) atoms. The van der Waals surface area contributed by atoms with Crippen LogP contribution < -0.4 is 10.7 Å². The topological polar surface area (TPSA) is 45.7 Å². The molecule has 0 spiro atoms. The van der Waals surface area contributed by atoms with Gasteiger partial charge in [-0.25, -0.2) is 0 Å². The smallest absolute Gasteiger partial charge is 0.187 e. The molecule has 0 saturated carbocycles. The molecule has 4 nitrogen and oxygen atoms in total. The van der Waals surface area contributed by atoms with E-state index >= 15 is 0 Å². The SMILES string of the molecule is CC(C)NC(=S)N/N=C1/CCOC1. The summed E-state index contributed by atoms with van der Waals surface area (Å²) in [5.74, 6) is 0. The molecule has 1 fully saturated rings. The first kappa shape index (κ1) is 10.4. The second kappa shape index (κ2) is 5.14. The minimum atomic E-state index is 0.333. The Kier molecular flexibility index (Phi) is 4.11. The third-order valence-electron chi connectivity index (χ3n) is 1.54. The van der Waals surface area contributed by atoms with E-state index in [0.29, 0.717) is 17.8 Å². The fourth-order valence-electron chi connectivity index (χ4n) is 0.965. The average Bonchev–Trinajstić information content (AvgIpc) is 2.51. The maximum absolute atomic E-state index is 5.14. The lowest BCUT2D eigenvalue weighted by molar-refractivity contribution is 0.209. The molecule has 2 N–H and O–H groups in total. The van der Waals surface area contributed by atoms with Gasteiger partial charge >= 0.3 is 0 Å². The summed E-state index contributed by atoms with van der Waals surface area (Å²) in [6.45, 7) is 5.45. The van der Waals surface area contributed by atoms with Gasteiger partial charge in [0.2, 0.25) is 0 Å². The van der Waals surface area contributed by atoms with Crippen molar-refractivity contribution in [3.05, 3.63) is 0 Å². The first-order valence-corrected chi connectivity index (χ1v) is 4.79. The Morgan fingerprint density at radius 2 is 2.38 bits per heavy atom.